The fourth-order valence-electron chi connectivity index (χ4n) is 4.00. The molecule has 3 rings (SSSR count). The van der Waals surface area contributed by atoms with Crippen LogP contribution in [0.5, 0.6) is 0 Å². The number of carboxylic acid groups (broad SMARTS) is 1. The molecule has 1 N–H and O–H groups in total. The molecule has 0 unspecified atom stereocenters. The van der Waals surface area contributed by atoms with Gasteiger partial charge in [-0.2, -0.15) is 5.10 Å². The Morgan fingerprint density at radius 2 is 2.04 bits per heavy atom. The number of aryl methyl sites for hydroxylation is 2. The zero-order chi connectivity index (χ0) is 19.7. The SMILES string of the molecule is Cc1nc2c(cnn2C(C)C)c(C)c1CCC(=O)N1CCCC[C@@H]1C(=O)O. The monoisotopic (exact) mass is 372 g/mol. The molecule has 1 atom stereocenters. The number of pyridine rings is 1. The van der Waals surface area contributed by atoms with Crippen LogP contribution < -0.4 is 0 Å². The van der Waals surface area contributed by atoms with Crippen LogP contribution in [0.1, 0.15) is 62.4 Å². The van der Waals surface area contributed by atoms with Crippen LogP contribution in [0, 0.1) is 13.8 Å². The number of carboxylic acids is 1. The zero-order valence-electron chi connectivity index (χ0n) is 16.5. The van der Waals surface area contributed by atoms with E-state index in [2.05, 4.69) is 18.9 Å². The molecule has 0 bridgehead atoms. The lowest BCUT2D eigenvalue weighted by Gasteiger charge is -2.33. The molecule has 7 heteroatoms. The average Bonchev–Trinajstić information content (AvgIpc) is 3.05. The predicted molar refractivity (Wildman–Crippen MR) is 103 cm³/mol. The first-order valence-electron chi connectivity index (χ1n) is 9.66. The van der Waals surface area contributed by atoms with E-state index in [1.54, 1.807) is 4.90 Å². The minimum atomic E-state index is -0.903. The van der Waals surface area contributed by atoms with E-state index < -0.39 is 12.0 Å². The van der Waals surface area contributed by atoms with E-state index in [1.165, 1.54) is 0 Å². The first-order valence-corrected chi connectivity index (χ1v) is 9.66. The van der Waals surface area contributed by atoms with Crippen LogP contribution in [0.15, 0.2) is 6.20 Å². The molecule has 7 nitrogen and oxygen atoms in total. The Hall–Kier alpha value is -2.44. The van der Waals surface area contributed by atoms with E-state index in [1.807, 2.05) is 24.7 Å². The average molecular weight is 372 g/mol. The molecule has 3 heterocycles. The van der Waals surface area contributed by atoms with Crippen LogP contribution in [0.3, 0.4) is 0 Å². The van der Waals surface area contributed by atoms with E-state index in [4.69, 9.17) is 4.98 Å². The van der Waals surface area contributed by atoms with Crippen LogP contribution in [0.4, 0.5) is 0 Å². The van der Waals surface area contributed by atoms with Crippen LogP contribution in [0.25, 0.3) is 11.0 Å². The number of hydrogen-bond acceptors (Lipinski definition) is 4. The quantitative estimate of drug-likeness (QED) is 0.871. The van der Waals surface area contributed by atoms with Gasteiger partial charge in [-0.15, -0.1) is 0 Å². The van der Waals surface area contributed by atoms with Gasteiger partial charge in [0.15, 0.2) is 5.65 Å². The topological polar surface area (TPSA) is 88.3 Å². The summed E-state index contributed by atoms with van der Waals surface area (Å²) in [4.78, 5) is 30.4. The fraction of sp³-hybridized carbons (Fsp3) is 0.600. The number of amides is 1. The smallest absolute Gasteiger partial charge is 0.326 e. The highest BCUT2D eigenvalue weighted by molar-refractivity contribution is 5.84. The van der Waals surface area contributed by atoms with Gasteiger partial charge >= 0.3 is 5.97 Å². The molecule has 2 aromatic heterocycles. The number of carbonyl (C=O) groups excluding carboxylic acids is 1. The number of carbonyl (C=O) groups is 2. The van der Waals surface area contributed by atoms with Crippen molar-refractivity contribution in [2.75, 3.05) is 6.54 Å². The third kappa shape index (κ3) is 3.68. The van der Waals surface area contributed by atoms with E-state index >= 15 is 0 Å². The third-order valence-corrected chi connectivity index (χ3v) is 5.52. The van der Waals surface area contributed by atoms with Gasteiger partial charge in [0.05, 0.1) is 6.20 Å². The summed E-state index contributed by atoms with van der Waals surface area (Å²) < 4.78 is 1.91. The number of aliphatic carboxylic acids is 1. The fourth-order valence-corrected chi connectivity index (χ4v) is 4.00. The number of piperidine rings is 1. The second-order valence-electron chi connectivity index (χ2n) is 7.66. The lowest BCUT2D eigenvalue weighted by Crippen LogP contribution is -2.48. The number of fused-ring (bicyclic) bond motifs is 1. The molecule has 146 valence electrons. The standard InChI is InChI=1S/C20H28N4O3/c1-12(2)24-19-16(11-21-24)13(3)15(14(4)22-19)8-9-18(25)23-10-6-5-7-17(23)20(26)27/h11-12,17H,5-10H2,1-4H3,(H,26,27)/t17-/m1/s1. The number of aromatic nitrogens is 3. The summed E-state index contributed by atoms with van der Waals surface area (Å²) in [7, 11) is 0. The number of hydrogen-bond donors (Lipinski definition) is 1. The Labute approximate surface area is 159 Å². The van der Waals surface area contributed by atoms with Crippen molar-refractivity contribution in [3.05, 3.63) is 23.0 Å². The molecule has 0 aromatic carbocycles. The van der Waals surface area contributed by atoms with Crippen LogP contribution in [-0.4, -0.2) is 49.2 Å². The van der Waals surface area contributed by atoms with Crippen molar-refractivity contribution in [1.82, 2.24) is 19.7 Å². The van der Waals surface area contributed by atoms with Crippen molar-refractivity contribution in [1.29, 1.82) is 0 Å². The third-order valence-electron chi connectivity index (χ3n) is 5.52. The lowest BCUT2D eigenvalue weighted by atomic mass is 9.98. The molecule has 0 aliphatic carbocycles. The first-order chi connectivity index (χ1) is 12.8. The number of nitrogens with zero attached hydrogens (tertiary/aromatic N) is 4. The maximum Gasteiger partial charge on any atom is 0.326 e. The normalized spacial score (nSPS) is 17.7. The van der Waals surface area contributed by atoms with Gasteiger partial charge in [0.2, 0.25) is 5.91 Å². The molecule has 1 aliphatic rings. The van der Waals surface area contributed by atoms with Gasteiger partial charge in [-0.25, -0.2) is 14.5 Å². The van der Waals surface area contributed by atoms with E-state index in [0.29, 0.717) is 25.8 Å². The van der Waals surface area contributed by atoms with E-state index in [-0.39, 0.29) is 11.9 Å². The maximum atomic E-state index is 12.7. The molecular formula is C20H28N4O3. The van der Waals surface area contributed by atoms with E-state index in [0.717, 1.165) is 40.7 Å². The number of likely N-dealkylation sites (tertiary alicyclic amines) is 1. The highest BCUT2D eigenvalue weighted by Gasteiger charge is 2.31. The van der Waals surface area contributed by atoms with Crippen molar-refractivity contribution < 1.29 is 14.7 Å². The molecule has 0 saturated carbocycles. The Morgan fingerprint density at radius 1 is 1.30 bits per heavy atom. The van der Waals surface area contributed by atoms with Crippen molar-refractivity contribution in [3.8, 4) is 0 Å². The first kappa shape index (κ1) is 19.3. The van der Waals surface area contributed by atoms with Gasteiger partial charge in [0, 0.05) is 30.1 Å². The Morgan fingerprint density at radius 3 is 2.70 bits per heavy atom. The second-order valence-corrected chi connectivity index (χ2v) is 7.66. The minimum absolute atomic E-state index is 0.0844. The van der Waals surface area contributed by atoms with Gasteiger partial charge in [-0.3, -0.25) is 4.79 Å². The van der Waals surface area contributed by atoms with Crippen molar-refractivity contribution in [2.45, 2.75) is 71.9 Å². The van der Waals surface area contributed by atoms with Crippen molar-refractivity contribution >= 4 is 22.9 Å². The summed E-state index contributed by atoms with van der Waals surface area (Å²) in [6.07, 6.45) is 4.98. The molecule has 1 saturated heterocycles. The Balaban J connectivity index is 1.80. The van der Waals surface area contributed by atoms with Gasteiger partial charge < -0.3 is 10.0 Å². The summed E-state index contributed by atoms with van der Waals surface area (Å²) in [5.74, 6) is -0.988. The van der Waals surface area contributed by atoms with Crippen molar-refractivity contribution in [3.63, 3.8) is 0 Å². The maximum absolute atomic E-state index is 12.7. The summed E-state index contributed by atoms with van der Waals surface area (Å²) in [6.45, 7) is 8.69. The highest BCUT2D eigenvalue weighted by Crippen LogP contribution is 2.26. The number of rotatable bonds is 5. The second kappa shape index (κ2) is 7.66. The van der Waals surface area contributed by atoms with Crippen LogP contribution >= 0.6 is 0 Å². The van der Waals surface area contributed by atoms with Gasteiger partial charge in [-0.1, -0.05) is 0 Å². The van der Waals surface area contributed by atoms with Gasteiger partial charge in [0.25, 0.3) is 0 Å². The molecular weight excluding hydrogens is 344 g/mol. The summed E-state index contributed by atoms with van der Waals surface area (Å²) in [5.41, 5.74) is 3.94. The van der Waals surface area contributed by atoms with E-state index in [9.17, 15) is 14.7 Å². The van der Waals surface area contributed by atoms with Crippen LogP contribution in [0.2, 0.25) is 0 Å². The molecule has 2 aromatic rings. The molecule has 0 radical (unpaired) electrons. The molecule has 1 aliphatic heterocycles. The van der Waals surface area contributed by atoms with Gasteiger partial charge in [0.1, 0.15) is 6.04 Å². The van der Waals surface area contributed by atoms with Crippen molar-refractivity contribution in [2.24, 2.45) is 0 Å². The molecule has 1 amide bonds. The lowest BCUT2D eigenvalue weighted by molar-refractivity contribution is -0.152. The van der Waals surface area contributed by atoms with Crippen LogP contribution in [-0.2, 0) is 16.0 Å². The largest absolute Gasteiger partial charge is 0.480 e. The zero-order valence-corrected chi connectivity index (χ0v) is 16.5. The Kier molecular flexibility index (Phi) is 5.48. The Bertz CT molecular complexity index is 872. The molecule has 0 spiro atoms. The predicted octanol–water partition coefficient (Wildman–Crippen LogP) is 3.03. The summed E-state index contributed by atoms with van der Waals surface area (Å²) >= 11 is 0. The summed E-state index contributed by atoms with van der Waals surface area (Å²) in [5, 5.41) is 14.8. The van der Waals surface area contributed by atoms with Gasteiger partial charge in [-0.05, 0) is 64.5 Å². The molecule has 1 fully saturated rings. The molecule has 27 heavy (non-hydrogen) atoms. The highest BCUT2D eigenvalue weighted by atomic mass is 16.4. The summed E-state index contributed by atoms with van der Waals surface area (Å²) in [6, 6.07) is -0.452. The minimum Gasteiger partial charge on any atom is -0.480 e.